The summed E-state index contributed by atoms with van der Waals surface area (Å²) in [7, 11) is -3.63. The van der Waals surface area contributed by atoms with E-state index in [9.17, 15) is 13.2 Å². The maximum absolute atomic E-state index is 12.0. The van der Waals surface area contributed by atoms with Crippen LogP contribution in [0, 0.1) is 0 Å². The Balaban J connectivity index is 2.66. The van der Waals surface area contributed by atoms with Crippen molar-refractivity contribution in [2.75, 3.05) is 5.75 Å². The van der Waals surface area contributed by atoms with Gasteiger partial charge in [0, 0.05) is 12.0 Å². The van der Waals surface area contributed by atoms with Gasteiger partial charge in [-0.1, -0.05) is 6.08 Å². The summed E-state index contributed by atoms with van der Waals surface area (Å²) in [6.07, 6.45) is 4.40. The zero-order valence-electron chi connectivity index (χ0n) is 12.1. The van der Waals surface area contributed by atoms with E-state index >= 15 is 0 Å². The lowest BCUT2D eigenvalue weighted by Crippen LogP contribution is -2.35. The second-order valence-electron chi connectivity index (χ2n) is 5.94. The van der Waals surface area contributed by atoms with Gasteiger partial charge in [-0.2, -0.15) is 0 Å². The van der Waals surface area contributed by atoms with Gasteiger partial charge in [0.1, 0.15) is 0 Å². The van der Waals surface area contributed by atoms with E-state index in [1.54, 1.807) is 6.20 Å². The SMILES string of the molecule is CC(C)(C)NC=CCS(=O)(=O)C1=CCC(C)(C(=O)O)O1. The molecule has 114 valence electrons. The molecule has 1 rings (SSSR count). The summed E-state index contributed by atoms with van der Waals surface area (Å²) in [5.41, 5.74) is -1.64. The predicted molar refractivity (Wildman–Crippen MR) is 75.6 cm³/mol. The van der Waals surface area contributed by atoms with E-state index in [0.717, 1.165) is 0 Å². The number of hydrogen-bond acceptors (Lipinski definition) is 5. The van der Waals surface area contributed by atoms with E-state index in [0.29, 0.717) is 0 Å². The fraction of sp³-hybridized carbons (Fsp3) is 0.615. The molecule has 0 aromatic rings. The molecule has 1 unspecified atom stereocenters. The van der Waals surface area contributed by atoms with Crippen molar-refractivity contribution in [3.8, 4) is 0 Å². The zero-order valence-corrected chi connectivity index (χ0v) is 13.0. The van der Waals surface area contributed by atoms with Gasteiger partial charge in [0.2, 0.25) is 20.5 Å². The van der Waals surface area contributed by atoms with E-state index in [4.69, 9.17) is 9.84 Å². The number of ether oxygens (including phenoxy) is 1. The highest BCUT2D eigenvalue weighted by Crippen LogP contribution is 2.31. The number of sulfone groups is 1. The van der Waals surface area contributed by atoms with E-state index in [-0.39, 0.29) is 22.8 Å². The number of carbonyl (C=O) groups is 1. The number of hydrogen-bond donors (Lipinski definition) is 2. The Morgan fingerprint density at radius 3 is 2.60 bits per heavy atom. The van der Waals surface area contributed by atoms with Gasteiger partial charge in [-0.25, -0.2) is 13.2 Å². The molecular formula is C13H21NO5S. The number of carboxylic acid groups (broad SMARTS) is 1. The molecule has 1 aliphatic rings. The Bertz CT molecular complexity index is 542. The highest BCUT2D eigenvalue weighted by molar-refractivity contribution is 7.95. The molecule has 0 spiro atoms. The maximum atomic E-state index is 12.0. The third-order valence-electron chi connectivity index (χ3n) is 2.69. The lowest BCUT2D eigenvalue weighted by Gasteiger charge is -2.20. The second-order valence-corrected chi connectivity index (χ2v) is 7.91. The van der Waals surface area contributed by atoms with Crippen molar-refractivity contribution in [1.82, 2.24) is 5.32 Å². The first-order valence-electron chi connectivity index (χ1n) is 6.24. The van der Waals surface area contributed by atoms with E-state index in [1.807, 2.05) is 20.8 Å². The fourth-order valence-electron chi connectivity index (χ4n) is 1.47. The molecule has 20 heavy (non-hydrogen) atoms. The number of carboxylic acids is 1. The molecule has 0 saturated carbocycles. The van der Waals surface area contributed by atoms with Gasteiger partial charge in [0.25, 0.3) is 0 Å². The molecule has 0 aromatic heterocycles. The molecule has 6 nitrogen and oxygen atoms in total. The van der Waals surface area contributed by atoms with Crippen LogP contribution in [0.1, 0.15) is 34.1 Å². The van der Waals surface area contributed by atoms with Crippen LogP contribution in [0.15, 0.2) is 23.4 Å². The Hall–Kier alpha value is -1.50. The number of nitrogens with one attached hydrogen (secondary N) is 1. The second kappa shape index (κ2) is 5.47. The first-order chi connectivity index (χ1) is 8.96. The first kappa shape index (κ1) is 16.6. The third-order valence-corrected chi connectivity index (χ3v) is 4.19. The summed E-state index contributed by atoms with van der Waals surface area (Å²) in [6, 6.07) is 0. The van der Waals surface area contributed by atoms with Gasteiger partial charge in [0.05, 0.1) is 5.75 Å². The number of aliphatic carboxylic acids is 1. The van der Waals surface area contributed by atoms with Crippen LogP contribution < -0.4 is 5.32 Å². The minimum Gasteiger partial charge on any atom is -0.478 e. The quantitative estimate of drug-likeness (QED) is 0.797. The van der Waals surface area contributed by atoms with Crippen LogP contribution in [-0.4, -0.2) is 36.4 Å². The molecule has 1 heterocycles. The van der Waals surface area contributed by atoms with Crippen LogP contribution in [-0.2, 0) is 19.4 Å². The van der Waals surface area contributed by atoms with Crippen molar-refractivity contribution >= 4 is 15.8 Å². The van der Waals surface area contributed by atoms with E-state index in [2.05, 4.69) is 5.32 Å². The smallest absolute Gasteiger partial charge is 0.348 e. The maximum Gasteiger partial charge on any atom is 0.348 e. The zero-order chi connectivity index (χ0) is 15.6. The Morgan fingerprint density at radius 1 is 1.55 bits per heavy atom. The predicted octanol–water partition coefficient (Wildman–Crippen LogP) is 1.41. The molecular weight excluding hydrogens is 282 g/mol. The van der Waals surface area contributed by atoms with E-state index < -0.39 is 21.4 Å². The molecule has 0 aromatic carbocycles. The summed E-state index contributed by atoms with van der Waals surface area (Å²) >= 11 is 0. The minimum absolute atomic E-state index is 0.0425. The molecule has 0 radical (unpaired) electrons. The van der Waals surface area contributed by atoms with Crippen molar-refractivity contribution in [2.45, 2.75) is 45.3 Å². The minimum atomic E-state index is -3.63. The van der Waals surface area contributed by atoms with Crippen LogP contribution >= 0.6 is 0 Å². The fourth-order valence-corrected chi connectivity index (χ4v) is 2.63. The highest BCUT2D eigenvalue weighted by atomic mass is 32.2. The van der Waals surface area contributed by atoms with Gasteiger partial charge in [-0.15, -0.1) is 0 Å². The van der Waals surface area contributed by atoms with Gasteiger partial charge >= 0.3 is 5.97 Å². The summed E-state index contributed by atoms with van der Waals surface area (Å²) in [6.45, 7) is 7.21. The Morgan fingerprint density at radius 2 is 2.15 bits per heavy atom. The first-order valence-corrected chi connectivity index (χ1v) is 7.90. The van der Waals surface area contributed by atoms with Gasteiger partial charge in [0.15, 0.2) is 0 Å². The Kier molecular flexibility index (Phi) is 4.53. The Labute approximate surface area is 119 Å². The summed E-state index contributed by atoms with van der Waals surface area (Å²) in [4.78, 5) is 11.0. The molecule has 0 bridgehead atoms. The van der Waals surface area contributed by atoms with Crippen LogP contribution in [0.3, 0.4) is 0 Å². The van der Waals surface area contributed by atoms with Crippen LogP contribution in [0.25, 0.3) is 0 Å². The molecule has 2 N–H and O–H groups in total. The van der Waals surface area contributed by atoms with Gasteiger partial charge in [-0.05, 0) is 40.0 Å². The molecule has 1 atom stereocenters. The lowest BCUT2D eigenvalue weighted by molar-refractivity contribution is -0.155. The van der Waals surface area contributed by atoms with Crippen molar-refractivity contribution in [2.24, 2.45) is 0 Å². The van der Waals surface area contributed by atoms with E-state index in [1.165, 1.54) is 19.1 Å². The molecule has 1 aliphatic heterocycles. The summed E-state index contributed by atoms with van der Waals surface area (Å²) in [5.74, 6) is -1.42. The molecule has 0 fully saturated rings. The van der Waals surface area contributed by atoms with Crippen molar-refractivity contribution in [3.05, 3.63) is 23.4 Å². The van der Waals surface area contributed by atoms with Crippen molar-refractivity contribution < 1.29 is 23.1 Å². The molecule has 0 saturated heterocycles. The topological polar surface area (TPSA) is 92.7 Å². The number of rotatable bonds is 5. The normalized spacial score (nSPS) is 23.5. The monoisotopic (exact) mass is 303 g/mol. The lowest BCUT2D eigenvalue weighted by atomic mass is 10.1. The highest BCUT2D eigenvalue weighted by Gasteiger charge is 2.42. The van der Waals surface area contributed by atoms with Crippen LogP contribution in [0.2, 0.25) is 0 Å². The van der Waals surface area contributed by atoms with Crippen molar-refractivity contribution in [3.63, 3.8) is 0 Å². The van der Waals surface area contributed by atoms with Crippen LogP contribution in [0.5, 0.6) is 0 Å². The molecule has 0 aliphatic carbocycles. The summed E-state index contributed by atoms with van der Waals surface area (Å²) in [5, 5.41) is 11.7. The standard InChI is InChI=1S/C13H21NO5S/c1-12(2,3)14-8-5-9-20(17,18)10-6-7-13(4,19-10)11(15)16/h5-6,8,14H,7,9H2,1-4H3,(H,15,16). The largest absolute Gasteiger partial charge is 0.478 e. The molecule has 7 heteroatoms. The van der Waals surface area contributed by atoms with Gasteiger partial charge in [-0.3, -0.25) is 0 Å². The van der Waals surface area contributed by atoms with Crippen LogP contribution in [0.4, 0.5) is 0 Å². The molecule has 0 amide bonds. The van der Waals surface area contributed by atoms with Gasteiger partial charge < -0.3 is 15.2 Å². The average Bonchev–Trinajstić information content (AvgIpc) is 2.68. The third kappa shape index (κ3) is 4.26. The average molecular weight is 303 g/mol. The van der Waals surface area contributed by atoms with Crippen molar-refractivity contribution in [1.29, 1.82) is 0 Å². The summed E-state index contributed by atoms with van der Waals surface area (Å²) < 4.78 is 29.1.